The van der Waals surface area contributed by atoms with Gasteiger partial charge in [-0.3, -0.25) is 13.9 Å². The fourth-order valence-electron chi connectivity index (χ4n) is 4.12. The van der Waals surface area contributed by atoms with Gasteiger partial charge >= 0.3 is 0 Å². The topological polar surface area (TPSA) is 96.0 Å². The molecule has 0 aliphatic heterocycles. The Hall–Kier alpha value is -3.57. The van der Waals surface area contributed by atoms with Gasteiger partial charge in [0.2, 0.25) is 11.8 Å². The molecule has 41 heavy (non-hydrogen) atoms. The standard InChI is InChI=1S/C30H36FN3O5S2/c1-5-19-32-30(36)22(3)33(20-23-11-7-8-12-26(23)31)29(35)21-34(27-13-9-10-14-28(27)39-6-2)41(37,38)25-17-15-24(40-4)16-18-25/h7-18,22H,5-6,19-21H2,1-4H3,(H,32,36)/t22-/m0/s1. The largest absolute Gasteiger partial charge is 0.492 e. The molecule has 0 aliphatic rings. The van der Waals surface area contributed by atoms with Gasteiger partial charge in [-0.25, -0.2) is 12.8 Å². The number of sulfonamides is 1. The van der Waals surface area contributed by atoms with Crippen molar-refractivity contribution in [3.8, 4) is 5.75 Å². The summed E-state index contributed by atoms with van der Waals surface area (Å²) in [6, 6.07) is 17.9. The van der Waals surface area contributed by atoms with E-state index in [1.165, 1.54) is 53.9 Å². The number of carbonyl (C=O) groups is 2. The number of anilines is 1. The lowest BCUT2D eigenvalue weighted by Gasteiger charge is -2.32. The molecule has 0 unspecified atom stereocenters. The number of nitrogens with one attached hydrogen (secondary N) is 1. The summed E-state index contributed by atoms with van der Waals surface area (Å²) in [7, 11) is -4.27. The van der Waals surface area contributed by atoms with Crippen LogP contribution in [0.5, 0.6) is 5.75 Å². The first kappa shape index (κ1) is 32.0. The summed E-state index contributed by atoms with van der Waals surface area (Å²) in [4.78, 5) is 29.0. The maximum atomic E-state index is 14.7. The molecule has 2 amide bonds. The number of halogens is 1. The van der Waals surface area contributed by atoms with Gasteiger partial charge in [0.25, 0.3) is 10.0 Å². The van der Waals surface area contributed by atoms with E-state index in [9.17, 15) is 22.4 Å². The Kier molecular flexibility index (Phi) is 11.6. The first-order valence-electron chi connectivity index (χ1n) is 13.3. The molecule has 0 saturated carbocycles. The molecular formula is C30H36FN3O5S2. The molecule has 0 spiro atoms. The van der Waals surface area contributed by atoms with Gasteiger partial charge in [-0.15, -0.1) is 11.8 Å². The third kappa shape index (κ3) is 8.01. The summed E-state index contributed by atoms with van der Waals surface area (Å²) in [5.74, 6) is -1.36. The molecule has 11 heteroatoms. The summed E-state index contributed by atoms with van der Waals surface area (Å²) < 4.78 is 49.5. The van der Waals surface area contributed by atoms with Crippen molar-refractivity contribution in [1.29, 1.82) is 0 Å². The Balaban J connectivity index is 2.08. The minimum Gasteiger partial charge on any atom is -0.492 e. The van der Waals surface area contributed by atoms with E-state index < -0.39 is 40.2 Å². The highest BCUT2D eigenvalue weighted by Gasteiger charge is 2.34. The number of carbonyl (C=O) groups excluding carboxylic acids is 2. The molecule has 1 N–H and O–H groups in total. The van der Waals surface area contributed by atoms with Crippen LogP contribution in [0.1, 0.15) is 32.8 Å². The number of amides is 2. The molecule has 0 aromatic heterocycles. The van der Waals surface area contributed by atoms with Gasteiger partial charge in [-0.1, -0.05) is 37.3 Å². The number of thioether (sulfide) groups is 1. The highest BCUT2D eigenvalue weighted by molar-refractivity contribution is 7.98. The number of para-hydroxylation sites is 2. The molecule has 3 rings (SSSR count). The van der Waals surface area contributed by atoms with E-state index in [-0.39, 0.29) is 35.0 Å². The van der Waals surface area contributed by atoms with Crippen LogP contribution in [0.2, 0.25) is 0 Å². The SMILES string of the molecule is CCCNC(=O)[C@H](C)N(Cc1ccccc1F)C(=O)CN(c1ccccc1OCC)S(=O)(=O)c1ccc(SC)cc1. The predicted molar refractivity (Wildman–Crippen MR) is 160 cm³/mol. The van der Waals surface area contributed by atoms with Crippen LogP contribution in [-0.2, 0) is 26.2 Å². The number of ether oxygens (including phenoxy) is 1. The normalized spacial score (nSPS) is 11.9. The van der Waals surface area contributed by atoms with Gasteiger partial charge in [0.1, 0.15) is 24.2 Å². The van der Waals surface area contributed by atoms with Crippen molar-refractivity contribution in [2.75, 3.05) is 30.3 Å². The smallest absolute Gasteiger partial charge is 0.264 e. The highest BCUT2D eigenvalue weighted by atomic mass is 32.2. The predicted octanol–water partition coefficient (Wildman–Crippen LogP) is 5.09. The van der Waals surface area contributed by atoms with E-state index >= 15 is 0 Å². The zero-order valence-corrected chi connectivity index (χ0v) is 25.3. The van der Waals surface area contributed by atoms with E-state index in [1.807, 2.05) is 13.2 Å². The summed E-state index contributed by atoms with van der Waals surface area (Å²) in [6.45, 7) is 5.02. The van der Waals surface area contributed by atoms with Crippen LogP contribution in [0.4, 0.5) is 10.1 Å². The average Bonchev–Trinajstić information content (AvgIpc) is 2.98. The second kappa shape index (κ2) is 14.9. The average molecular weight is 602 g/mol. The molecule has 0 bridgehead atoms. The second-order valence-electron chi connectivity index (χ2n) is 9.17. The number of hydrogen-bond acceptors (Lipinski definition) is 6. The minimum absolute atomic E-state index is 0.0104. The lowest BCUT2D eigenvalue weighted by Crippen LogP contribution is -2.51. The Morgan fingerprint density at radius 2 is 1.66 bits per heavy atom. The monoisotopic (exact) mass is 601 g/mol. The lowest BCUT2D eigenvalue weighted by molar-refractivity contribution is -0.139. The van der Waals surface area contributed by atoms with Gasteiger partial charge in [-0.05, 0) is 69.0 Å². The number of rotatable bonds is 14. The fraction of sp³-hybridized carbons (Fsp3) is 0.333. The maximum absolute atomic E-state index is 14.7. The molecule has 0 radical (unpaired) electrons. The van der Waals surface area contributed by atoms with Crippen molar-refractivity contribution in [1.82, 2.24) is 10.2 Å². The van der Waals surface area contributed by atoms with E-state index in [0.717, 1.165) is 9.20 Å². The molecule has 0 heterocycles. The molecule has 0 saturated heterocycles. The third-order valence-corrected chi connectivity index (χ3v) is 8.89. The Labute approximate surface area is 245 Å². The van der Waals surface area contributed by atoms with Crippen LogP contribution in [0.25, 0.3) is 0 Å². The molecule has 3 aromatic rings. The number of nitrogens with zero attached hydrogens (tertiary/aromatic N) is 2. The van der Waals surface area contributed by atoms with Gasteiger partial charge in [-0.2, -0.15) is 0 Å². The summed E-state index contributed by atoms with van der Waals surface area (Å²) >= 11 is 1.47. The Morgan fingerprint density at radius 3 is 2.29 bits per heavy atom. The van der Waals surface area contributed by atoms with Crippen molar-refractivity contribution in [2.24, 2.45) is 0 Å². The van der Waals surface area contributed by atoms with Gasteiger partial charge in [0.05, 0.1) is 17.2 Å². The van der Waals surface area contributed by atoms with E-state index in [4.69, 9.17) is 4.74 Å². The lowest BCUT2D eigenvalue weighted by atomic mass is 10.1. The van der Waals surface area contributed by atoms with Crippen LogP contribution in [0, 0.1) is 5.82 Å². The number of benzene rings is 3. The van der Waals surface area contributed by atoms with Crippen molar-refractivity contribution in [2.45, 2.75) is 49.6 Å². The molecule has 0 fully saturated rings. The quantitative estimate of drug-likeness (QED) is 0.259. The van der Waals surface area contributed by atoms with Crippen LogP contribution < -0.4 is 14.4 Å². The van der Waals surface area contributed by atoms with Gasteiger partial charge < -0.3 is 15.0 Å². The fourth-order valence-corrected chi connectivity index (χ4v) is 5.95. The summed E-state index contributed by atoms with van der Waals surface area (Å²) in [5, 5.41) is 2.77. The van der Waals surface area contributed by atoms with Crippen LogP contribution >= 0.6 is 11.8 Å². The van der Waals surface area contributed by atoms with Gasteiger partial charge in [0, 0.05) is 23.5 Å². The first-order valence-corrected chi connectivity index (χ1v) is 16.0. The molecule has 0 aliphatic carbocycles. The minimum atomic E-state index is -4.27. The highest BCUT2D eigenvalue weighted by Crippen LogP contribution is 2.33. The summed E-state index contributed by atoms with van der Waals surface area (Å²) in [6.07, 6.45) is 2.57. The zero-order chi connectivity index (χ0) is 30.0. The third-order valence-electron chi connectivity index (χ3n) is 6.38. The van der Waals surface area contributed by atoms with E-state index in [1.54, 1.807) is 49.4 Å². The van der Waals surface area contributed by atoms with E-state index in [0.29, 0.717) is 13.0 Å². The Morgan fingerprint density at radius 1 is 1.00 bits per heavy atom. The second-order valence-corrected chi connectivity index (χ2v) is 11.9. The Bertz CT molecular complexity index is 1430. The van der Waals surface area contributed by atoms with E-state index in [2.05, 4.69) is 5.32 Å². The zero-order valence-electron chi connectivity index (χ0n) is 23.7. The van der Waals surface area contributed by atoms with Crippen molar-refractivity contribution >= 4 is 39.3 Å². The molecule has 8 nitrogen and oxygen atoms in total. The van der Waals surface area contributed by atoms with Gasteiger partial charge in [0.15, 0.2) is 0 Å². The van der Waals surface area contributed by atoms with Crippen molar-refractivity contribution in [3.63, 3.8) is 0 Å². The molecular weight excluding hydrogens is 565 g/mol. The molecule has 1 atom stereocenters. The number of hydrogen-bond donors (Lipinski definition) is 1. The molecule has 220 valence electrons. The first-order chi connectivity index (χ1) is 19.6. The van der Waals surface area contributed by atoms with Crippen LogP contribution in [0.15, 0.2) is 82.6 Å². The maximum Gasteiger partial charge on any atom is 0.264 e. The van der Waals surface area contributed by atoms with Crippen LogP contribution in [0.3, 0.4) is 0 Å². The van der Waals surface area contributed by atoms with Crippen molar-refractivity contribution in [3.05, 3.63) is 84.2 Å². The van der Waals surface area contributed by atoms with Crippen molar-refractivity contribution < 1.29 is 27.1 Å². The molecule has 3 aromatic carbocycles. The summed E-state index contributed by atoms with van der Waals surface area (Å²) in [5.41, 5.74) is 0.373. The van der Waals surface area contributed by atoms with Crippen LogP contribution in [-0.4, -0.2) is 57.1 Å².